The number of benzene rings is 2. The number of hydrogen-bond acceptors (Lipinski definition) is 3. The molecule has 2 aromatic carbocycles. The Balaban J connectivity index is 1.86. The van der Waals surface area contributed by atoms with Crippen LogP contribution in [-0.4, -0.2) is 27.6 Å². The Hall–Kier alpha value is -2.15. The maximum absolute atomic E-state index is 12.7. The summed E-state index contributed by atoms with van der Waals surface area (Å²) in [4.78, 5) is 0. The van der Waals surface area contributed by atoms with Crippen LogP contribution in [0.4, 0.5) is 13.2 Å². The molecule has 1 saturated carbocycles. The lowest BCUT2D eigenvalue weighted by atomic mass is 9.66. The zero-order chi connectivity index (χ0) is 24.8. The van der Waals surface area contributed by atoms with Crippen LogP contribution in [0.15, 0.2) is 42.5 Å². The molecule has 3 rings (SSSR count). The second-order valence-electron chi connectivity index (χ2n) is 9.37. The van der Waals surface area contributed by atoms with Crippen molar-refractivity contribution >= 4 is 6.08 Å². The van der Waals surface area contributed by atoms with Gasteiger partial charge in [0.1, 0.15) is 0 Å². The van der Waals surface area contributed by atoms with E-state index in [4.69, 9.17) is 0 Å². The second-order valence-corrected chi connectivity index (χ2v) is 9.37. The molecule has 0 aromatic heterocycles. The van der Waals surface area contributed by atoms with Crippen molar-refractivity contribution in [3.05, 3.63) is 75.9 Å². The Labute approximate surface area is 200 Å². The predicted octanol–water partition coefficient (Wildman–Crippen LogP) is 6.00. The molecule has 34 heavy (non-hydrogen) atoms. The molecule has 0 heterocycles. The maximum Gasteiger partial charge on any atom is 0.417 e. The fraction of sp³-hybridized carbons (Fsp3) is 0.500. The van der Waals surface area contributed by atoms with Crippen LogP contribution in [0.3, 0.4) is 0 Å². The second kappa shape index (κ2) is 11.5. The molecule has 1 fully saturated rings. The summed E-state index contributed by atoms with van der Waals surface area (Å²) >= 11 is 0. The Morgan fingerprint density at radius 1 is 0.941 bits per heavy atom. The fourth-order valence-corrected chi connectivity index (χ4v) is 5.14. The molecule has 2 aromatic rings. The van der Waals surface area contributed by atoms with Crippen LogP contribution in [-0.2, 0) is 31.5 Å². The van der Waals surface area contributed by atoms with E-state index in [-0.39, 0.29) is 18.6 Å². The van der Waals surface area contributed by atoms with E-state index >= 15 is 0 Å². The van der Waals surface area contributed by atoms with E-state index in [1.165, 1.54) is 18.1 Å². The zero-order valence-electron chi connectivity index (χ0n) is 19.7. The summed E-state index contributed by atoms with van der Waals surface area (Å²) in [6, 6.07) is 11.9. The van der Waals surface area contributed by atoms with Crippen LogP contribution in [0.2, 0.25) is 0 Å². The number of aliphatic hydroxyl groups excluding tert-OH is 3. The molecule has 1 unspecified atom stereocenters. The van der Waals surface area contributed by atoms with E-state index < -0.39 is 12.3 Å². The van der Waals surface area contributed by atoms with Crippen molar-refractivity contribution in [3.8, 4) is 0 Å². The smallest absolute Gasteiger partial charge is 0.392 e. The summed E-state index contributed by atoms with van der Waals surface area (Å²) < 4.78 is 38.0. The van der Waals surface area contributed by atoms with Crippen molar-refractivity contribution < 1.29 is 28.5 Å². The van der Waals surface area contributed by atoms with Gasteiger partial charge in [0.15, 0.2) is 6.10 Å². The van der Waals surface area contributed by atoms with Gasteiger partial charge in [0, 0.05) is 0 Å². The van der Waals surface area contributed by atoms with Gasteiger partial charge in [-0.15, -0.1) is 0 Å². The van der Waals surface area contributed by atoms with Gasteiger partial charge >= 0.3 is 6.18 Å². The van der Waals surface area contributed by atoms with Gasteiger partial charge in [0.05, 0.1) is 13.2 Å². The molecular weight excluding hydrogens is 441 g/mol. The Bertz CT molecular complexity index is 975. The molecular formula is C28H35F3O3. The van der Waals surface area contributed by atoms with Crippen LogP contribution in [0.5, 0.6) is 0 Å². The summed E-state index contributed by atoms with van der Waals surface area (Å²) in [5.41, 5.74) is 5.53. The molecule has 0 bridgehead atoms. The number of aryl methyl sites for hydroxylation is 2. The molecule has 0 saturated heterocycles. The van der Waals surface area contributed by atoms with Crippen molar-refractivity contribution in [2.24, 2.45) is 0 Å². The first kappa shape index (κ1) is 26.5. The topological polar surface area (TPSA) is 60.7 Å². The van der Waals surface area contributed by atoms with Crippen molar-refractivity contribution in [2.75, 3.05) is 0 Å². The van der Waals surface area contributed by atoms with Gasteiger partial charge in [-0.1, -0.05) is 68.7 Å². The zero-order valence-corrected chi connectivity index (χ0v) is 19.7. The highest BCUT2D eigenvalue weighted by Gasteiger charge is 2.36. The summed E-state index contributed by atoms with van der Waals surface area (Å²) in [7, 11) is 0. The minimum absolute atomic E-state index is 0.00489. The quantitative estimate of drug-likeness (QED) is 0.416. The largest absolute Gasteiger partial charge is 0.417 e. The van der Waals surface area contributed by atoms with Crippen LogP contribution in [0.1, 0.15) is 78.8 Å². The molecule has 3 N–H and O–H groups in total. The highest BCUT2D eigenvalue weighted by molar-refractivity contribution is 5.56. The third-order valence-corrected chi connectivity index (χ3v) is 7.24. The van der Waals surface area contributed by atoms with Crippen molar-refractivity contribution in [1.29, 1.82) is 0 Å². The third kappa shape index (κ3) is 6.29. The van der Waals surface area contributed by atoms with Gasteiger partial charge in [-0.05, 0) is 77.0 Å². The number of hydrogen-bond donors (Lipinski definition) is 3. The maximum atomic E-state index is 12.7. The van der Waals surface area contributed by atoms with E-state index in [2.05, 4.69) is 6.07 Å². The average molecular weight is 477 g/mol. The summed E-state index contributed by atoms with van der Waals surface area (Å²) in [5.74, 6) is 0. The van der Waals surface area contributed by atoms with E-state index in [1.54, 1.807) is 0 Å². The van der Waals surface area contributed by atoms with Crippen LogP contribution in [0, 0.1) is 0 Å². The lowest BCUT2D eigenvalue weighted by molar-refractivity contribution is -0.187. The van der Waals surface area contributed by atoms with Crippen molar-refractivity contribution in [2.45, 2.75) is 89.2 Å². The van der Waals surface area contributed by atoms with Crippen LogP contribution >= 0.6 is 0 Å². The molecule has 0 amide bonds. The lowest BCUT2D eigenvalue weighted by Crippen LogP contribution is -2.30. The number of halogens is 3. The van der Waals surface area contributed by atoms with Gasteiger partial charge in [0.2, 0.25) is 0 Å². The van der Waals surface area contributed by atoms with E-state index in [0.29, 0.717) is 12.0 Å². The monoisotopic (exact) mass is 476 g/mol. The normalized spacial score (nSPS) is 17.3. The highest BCUT2D eigenvalue weighted by atomic mass is 19.4. The van der Waals surface area contributed by atoms with Gasteiger partial charge < -0.3 is 15.3 Å². The van der Waals surface area contributed by atoms with Crippen LogP contribution in [0.25, 0.3) is 6.08 Å². The van der Waals surface area contributed by atoms with Crippen molar-refractivity contribution in [1.82, 2.24) is 0 Å². The van der Waals surface area contributed by atoms with Gasteiger partial charge in [-0.3, -0.25) is 0 Å². The summed E-state index contributed by atoms with van der Waals surface area (Å²) in [6.45, 7) is 1.79. The van der Waals surface area contributed by atoms with Crippen molar-refractivity contribution in [3.63, 3.8) is 0 Å². The first-order valence-electron chi connectivity index (χ1n) is 12.1. The van der Waals surface area contributed by atoms with E-state index in [1.807, 2.05) is 37.3 Å². The molecule has 3 nitrogen and oxygen atoms in total. The Morgan fingerprint density at radius 3 is 2.26 bits per heavy atom. The molecule has 1 aliphatic carbocycles. The SMILES string of the molecule is CCc1cc(C2(CCc3ccc(CO)c(CO)c3)CCCCC2)ccc1C=CC(O)C(F)(F)F. The number of rotatable bonds is 9. The lowest BCUT2D eigenvalue weighted by Gasteiger charge is -2.39. The van der Waals surface area contributed by atoms with E-state index in [9.17, 15) is 28.5 Å². The highest BCUT2D eigenvalue weighted by Crippen LogP contribution is 2.43. The third-order valence-electron chi connectivity index (χ3n) is 7.24. The Kier molecular flexibility index (Phi) is 8.96. The molecule has 0 radical (unpaired) electrons. The Morgan fingerprint density at radius 2 is 1.65 bits per heavy atom. The summed E-state index contributed by atoms with van der Waals surface area (Å²) in [6.07, 6.45) is 3.15. The minimum Gasteiger partial charge on any atom is -0.392 e. The van der Waals surface area contributed by atoms with Crippen LogP contribution < -0.4 is 0 Å². The summed E-state index contributed by atoms with van der Waals surface area (Å²) in [5, 5.41) is 28.4. The molecule has 186 valence electrons. The molecule has 0 spiro atoms. The first-order chi connectivity index (χ1) is 16.2. The number of aliphatic hydroxyl groups is 3. The predicted molar refractivity (Wildman–Crippen MR) is 128 cm³/mol. The van der Waals surface area contributed by atoms with E-state index in [0.717, 1.165) is 66.9 Å². The molecule has 6 heteroatoms. The molecule has 1 atom stereocenters. The number of alkyl halides is 3. The first-order valence-corrected chi connectivity index (χ1v) is 12.1. The minimum atomic E-state index is -4.67. The van der Waals surface area contributed by atoms with Gasteiger partial charge in [-0.25, -0.2) is 0 Å². The van der Waals surface area contributed by atoms with Gasteiger partial charge in [0.25, 0.3) is 0 Å². The average Bonchev–Trinajstić information content (AvgIpc) is 2.85. The standard InChI is InChI=1S/C28H35F3O3/c1-2-21-17-25(10-8-22(21)9-11-26(34)28(29,30)31)27(13-4-3-5-14-27)15-12-20-6-7-23(18-32)24(16-20)19-33/h6-11,16-17,26,32-34H,2-5,12-15,18-19H2,1H3. The fourth-order valence-electron chi connectivity index (χ4n) is 5.14. The van der Waals surface area contributed by atoms with Gasteiger partial charge in [-0.2, -0.15) is 13.2 Å². The molecule has 0 aliphatic heterocycles. The molecule has 1 aliphatic rings.